The molecule has 1 saturated carbocycles. The summed E-state index contributed by atoms with van der Waals surface area (Å²) in [5.41, 5.74) is 6.21. The first-order valence-corrected chi connectivity index (χ1v) is 9.03. The van der Waals surface area contributed by atoms with Gasteiger partial charge in [0, 0.05) is 35.2 Å². The van der Waals surface area contributed by atoms with Gasteiger partial charge in [-0.2, -0.15) is 0 Å². The van der Waals surface area contributed by atoms with Gasteiger partial charge in [0.05, 0.1) is 30.3 Å². The number of nitrogens with one attached hydrogen (secondary N) is 2. The maximum atomic E-state index is 12.2. The van der Waals surface area contributed by atoms with Gasteiger partial charge in [0.25, 0.3) is 5.91 Å². The van der Waals surface area contributed by atoms with E-state index in [1.165, 1.54) is 37.6 Å². The van der Waals surface area contributed by atoms with Crippen molar-refractivity contribution in [3.05, 3.63) is 53.2 Å². The van der Waals surface area contributed by atoms with Gasteiger partial charge in [-0.25, -0.2) is 4.79 Å². The summed E-state index contributed by atoms with van der Waals surface area (Å²) < 4.78 is 49.2. The predicted molar refractivity (Wildman–Crippen MR) is 114 cm³/mol. The van der Waals surface area contributed by atoms with E-state index in [0.717, 1.165) is 0 Å². The SMILES string of the molecule is [2H]C1([2H])C([2H])([2H])C1([2H])NC(=O)Nc1ccc(Oc2ccnc3cc(OC)c(C(N)=O)cc23)cc1Cl. The van der Waals surface area contributed by atoms with Crippen molar-refractivity contribution in [3.63, 3.8) is 0 Å². The van der Waals surface area contributed by atoms with E-state index >= 15 is 0 Å². The molecule has 0 spiro atoms. The molecule has 3 amide bonds. The lowest BCUT2D eigenvalue weighted by atomic mass is 10.1. The van der Waals surface area contributed by atoms with Crippen LogP contribution in [0.15, 0.2) is 42.6 Å². The van der Waals surface area contributed by atoms with Gasteiger partial charge in [-0.05, 0) is 37.0 Å². The first-order valence-electron chi connectivity index (χ1n) is 11.2. The Labute approximate surface area is 184 Å². The van der Waals surface area contributed by atoms with Crippen molar-refractivity contribution in [2.24, 2.45) is 5.73 Å². The van der Waals surface area contributed by atoms with E-state index in [0.29, 0.717) is 16.7 Å². The molecule has 4 rings (SSSR count). The van der Waals surface area contributed by atoms with Crippen molar-refractivity contribution in [2.75, 3.05) is 12.4 Å². The molecule has 0 bridgehead atoms. The number of halogens is 1. The summed E-state index contributed by atoms with van der Waals surface area (Å²) in [6.45, 7) is 0. The number of fused-ring (bicyclic) bond motifs is 1. The van der Waals surface area contributed by atoms with Crippen molar-refractivity contribution in [3.8, 4) is 17.2 Å². The minimum Gasteiger partial charge on any atom is -0.496 e. The third-order valence-electron chi connectivity index (χ3n) is 4.19. The number of pyridine rings is 1. The van der Waals surface area contributed by atoms with E-state index in [4.69, 9.17) is 33.7 Å². The van der Waals surface area contributed by atoms with Gasteiger partial charge < -0.3 is 25.8 Å². The zero-order valence-electron chi connectivity index (χ0n) is 20.6. The Morgan fingerprint density at radius 3 is 2.73 bits per heavy atom. The van der Waals surface area contributed by atoms with Gasteiger partial charge >= 0.3 is 6.03 Å². The van der Waals surface area contributed by atoms with Crippen molar-refractivity contribution < 1.29 is 25.9 Å². The quantitative estimate of drug-likeness (QED) is 0.544. The zero-order chi connectivity index (χ0) is 25.8. The van der Waals surface area contributed by atoms with Crippen LogP contribution in [0.25, 0.3) is 10.9 Å². The van der Waals surface area contributed by atoms with E-state index in [2.05, 4.69) is 10.3 Å². The van der Waals surface area contributed by atoms with E-state index in [-0.39, 0.29) is 27.8 Å². The number of anilines is 1. The molecule has 1 fully saturated rings. The number of nitrogens with two attached hydrogens (primary N) is 1. The molecule has 4 N–H and O–H groups in total. The monoisotopic (exact) mass is 431 g/mol. The number of rotatable bonds is 6. The summed E-state index contributed by atoms with van der Waals surface area (Å²) in [6, 6.07) is 5.57. The number of amides is 3. The molecule has 3 aromatic rings. The second-order valence-corrected chi connectivity index (χ2v) is 6.60. The Kier molecular flexibility index (Phi) is 3.89. The number of aromatic nitrogens is 1. The minimum atomic E-state index is -2.54. The average molecular weight is 432 g/mol. The Bertz CT molecular complexity index is 1360. The summed E-state index contributed by atoms with van der Waals surface area (Å²) >= 11 is 6.26. The number of hydrogen-bond donors (Lipinski definition) is 3. The number of carbonyl (C=O) groups excluding carboxylic acids is 2. The molecule has 0 atom stereocenters. The second kappa shape index (κ2) is 8.08. The third kappa shape index (κ3) is 4.23. The molecule has 2 aromatic carbocycles. The normalized spacial score (nSPS) is 19.9. The van der Waals surface area contributed by atoms with Crippen LogP contribution in [-0.2, 0) is 0 Å². The van der Waals surface area contributed by atoms with Gasteiger partial charge in [-0.15, -0.1) is 0 Å². The molecule has 154 valence electrons. The largest absolute Gasteiger partial charge is 0.496 e. The Hall–Kier alpha value is -3.52. The third-order valence-corrected chi connectivity index (χ3v) is 4.51. The van der Waals surface area contributed by atoms with Crippen LogP contribution in [-0.4, -0.2) is 30.0 Å². The molecular weight excluding hydrogens is 408 g/mol. The highest BCUT2D eigenvalue weighted by molar-refractivity contribution is 6.33. The Balaban J connectivity index is 1.54. The zero-order valence-corrected chi connectivity index (χ0v) is 16.3. The highest BCUT2D eigenvalue weighted by Crippen LogP contribution is 2.35. The number of nitrogens with zero attached hydrogens (tertiary/aromatic N) is 1. The molecule has 0 radical (unpaired) electrons. The lowest BCUT2D eigenvalue weighted by Gasteiger charge is -2.13. The number of hydrogen-bond acceptors (Lipinski definition) is 5. The molecular formula is C21H19ClN4O4. The van der Waals surface area contributed by atoms with Crippen LogP contribution in [0.2, 0.25) is 5.02 Å². The minimum absolute atomic E-state index is 0.0661. The summed E-state index contributed by atoms with van der Waals surface area (Å²) in [5, 5.41) is 4.94. The van der Waals surface area contributed by atoms with Gasteiger partial charge in [0.2, 0.25) is 0 Å². The Morgan fingerprint density at radius 1 is 1.27 bits per heavy atom. The first-order chi connectivity index (χ1) is 16.3. The maximum Gasteiger partial charge on any atom is 0.319 e. The molecule has 0 aliphatic heterocycles. The van der Waals surface area contributed by atoms with E-state index in [1.807, 2.05) is 5.32 Å². The fourth-order valence-corrected chi connectivity index (χ4v) is 2.97. The fraction of sp³-hybridized carbons (Fsp3) is 0.190. The number of benzene rings is 2. The first kappa shape index (κ1) is 14.5. The molecule has 1 aromatic heterocycles. The summed E-state index contributed by atoms with van der Waals surface area (Å²) in [7, 11) is 1.41. The standard InChI is InChI=1S/C21H19ClN4O4/c1-29-19-10-17-13(9-14(19)20(23)27)18(6-7-24-17)30-12-4-5-16(15(22)8-12)26-21(28)25-11-2-3-11/h4-11H,2-3H2,1H3,(H2,23,27)(H2,25,26,28)/i2D2,3D2,11D. The summed E-state index contributed by atoms with van der Waals surface area (Å²) in [6.07, 6.45) is -3.57. The fourth-order valence-electron chi connectivity index (χ4n) is 2.75. The molecule has 8 nitrogen and oxygen atoms in total. The predicted octanol–water partition coefficient (Wildman–Crippen LogP) is 4.07. The number of ether oxygens (including phenoxy) is 2. The Morgan fingerprint density at radius 2 is 2.07 bits per heavy atom. The lowest BCUT2D eigenvalue weighted by Crippen LogP contribution is -2.30. The van der Waals surface area contributed by atoms with E-state index < -0.39 is 30.7 Å². The van der Waals surface area contributed by atoms with Gasteiger partial charge in [0.15, 0.2) is 0 Å². The van der Waals surface area contributed by atoms with Crippen molar-refractivity contribution >= 4 is 40.1 Å². The van der Waals surface area contributed by atoms with Gasteiger partial charge in [-0.1, -0.05) is 11.6 Å². The van der Waals surface area contributed by atoms with Crippen LogP contribution in [0.4, 0.5) is 10.5 Å². The molecule has 0 unspecified atom stereocenters. The van der Waals surface area contributed by atoms with Crippen LogP contribution >= 0.6 is 11.6 Å². The molecule has 0 saturated heterocycles. The second-order valence-electron chi connectivity index (χ2n) is 6.19. The number of urea groups is 1. The van der Waals surface area contributed by atoms with Crippen LogP contribution in [0, 0.1) is 0 Å². The maximum absolute atomic E-state index is 12.2. The van der Waals surface area contributed by atoms with Gasteiger partial charge in [-0.3, -0.25) is 9.78 Å². The molecule has 1 aliphatic carbocycles. The smallest absolute Gasteiger partial charge is 0.319 e. The van der Waals surface area contributed by atoms with Crippen molar-refractivity contribution in [1.29, 1.82) is 0 Å². The summed E-state index contributed by atoms with van der Waals surface area (Å²) in [5.74, 6) is 0.228. The van der Waals surface area contributed by atoms with Gasteiger partial charge in [0.1, 0.15) is 17.2 Å². The highest BCUT2D eigenvalue weighted by Gasteiger charge is 2.23. The van der Waals surface area contributed by atoms with Crippen LogP contribution in [0.3, 0.4) is 0 Å². The molecule has 9 heteroatoms. The number of carbonyl (C=O) groups is 2. The highest BCUT2D eigenvalue weighted by atomic mass is 35.5. The van der Waals surface area contributed by atoms with Crippen molar-refractivity contribution in [1.82, 2.24) is 10.3 Å². The molecule has 1 aliphatic rings. The van der Waals surface area contributed by atoms with Crippen LogP contribution in [0.5, 0.6) is 17.2 Å². The van der Waals surface area contributed by atoms with Crippen LogP contribution in [0.1, 0.15) is 30.0 Å². The summed E-state index contributed by atoms with van der Waals surface area (Å²) in [4.78, 5) is 28.3. The molecule has 1 heterocycles. The average Bonchev–Trinajstić information content (AvgIpc) is 3.09. The lowest BCUT2D eigenvalue weighted by molar-refractivity contribution is 0.0997. The van der Waals surface area contributed by atoms with Crippen LogP contribution < -0.4 is 25.8 Å². The number of methoxy groups -OCH3 is 1. The number of primary amides is 1. The van der Waals surface area contributed by atoms with E-state index in [1.54, 1.807) is 12.1 Å². The van der Waals surface area contributed by atoms with Crippen molar-refractivity contribution in [2.45, 2.75) is 18.8 Å². The topological polar surface area (TPSA) is 116 Å². The molecule has 30 heavy (non-hydrogen) atoms. The van der Waals surface area contributed by atoms with E-state index in [9.17, 15) is 9.59 Å².